The molecule has 0 bridgehead atoms. The van der Waals surface area contributed by atoms with Crippen LogP contribution >= 0.6 is 11.3 Å². The van der Waals surface area contributed by atoms with Gasteiger partial charge in [-0.3, -0.25) is 9.59 Å². The molecule has 9 heteroatoms. The largest absolute Gasteiger partial charge is 0.416 e. The zero-order chi connectivity index (χ0) is 20.9. The highest BCUT2D eigenvalue weighted by Crippen LogP contribution is 2.29. The topological polar surface area (TPSA) is 71.1 Å². The number of aromatic nitrogens is 1. The fraction of sp³-hybridized carbons (Fsp3) is 0.150. The van der Waals surface area contributed by atoms with Crippen molar-refractivity contribution in [2.45, 2.75) is 6.18 Å². The highest BCUT2D eigenvalue weighted by atomic mass is 32.1. The quantitative estimate of drug-likeness (QED) is 0.594. The molecule has 0 atom stereocenters. The second-order valence-electron chi connectivity index (χ2n) is 5.99. The average Bonchev–Trinajstić information content (AvgIpc) is 3.21. The number of carbonyl (C=O) groups is 2. The van der Waals surface area contributed by atoms with Crippen molar-refractivity contribution in [1.29, 1.82) is 0 Å². The number of hydrogen-bond acceptors (Lipinski definition) is 4. The Morgan fingerprint density at radius 1 is 0.897 bits per heavy atom. The third kappa shape index (κ3) is 5.41. The van der Waals surface area contributed by atoms with Crippen LogP contribution in [0.4, 0.5) is 13.2 Å². The lowest BCUT2D eigenvalue weighted by atomic mass is 10.1. The molecular weight excluding hydrogens is 403 g/mol. The number of thiazole rings is 1. The first-order chi connectivity index (χ1) is 13.8. The molecule has 0 spiro atoms. The van der Waals surface area contributed by atoms with Gasteiger partial charge in [-0.2, -0.15) is 13.2 Å². The standard InChI is InChI=1S/C20H16F3N3O2S/c21-20(22,23)15-8-6-13(7-9-15)17(27)24-10-11-25-18(28)16-12-29-19(26-16)14-4-2-1-3-5-14/h1-9,12H,10-11H2,(H,24,27)(H,25,28). The molecule has 0 saturated carbocycles. The smallest absolute Gasteiger partial charge is 0.350 e. The number of rotatable bonds is 6. The van der Waals surface area contributed by atoms with Gasteiger partial charge in [-0.25, -0.2) is 4.98 Å². The van der Waals surface area contributed by atoms with Crippen LogP contribution in [0, 0.1) is 0 Å². The van der Waals surface area contributed by atoms with Gasteiger partial charge < -0.3 is 10.6 Å². The third-order valence-electron chi connectivity index (χ3n) is 3.93. The van der Waals surface area contributed by atoms with Crippen molar-refractivity contribution in [1.82, 2.24) is 15.6 Å². The Labute approximate surface area is 168 Å². The van der Waals surface area contributed by atoms with E-state index in [0.717, 1.165) is 34.8 Å². The van der Waals surface area contributed by atoms with Gasteiger partial charge in [0.1, 0.15) is 10.7 Å². The van der Waals surface area contributed by atoms with E-state index in [1.54, 1.807) is 5.38 Å². The maximum absolute atomic E-state index is 12.5. The van der Waals surface area contributed by atoms with Crippen molar-refractivity contribution in [3.8, 4) is 10.6 Å². The maximum Gasteiger partial charge on any atom is 0.416 e. The Kier molecular flexibility index (Phi) is 6.28. The zero-order valence-corrected chi connectivity index (χ0v) is 15.8. The predicted octanol–water partition coefficient (Wildman–Crippen LogP) is 3.99. The van der Waals surface area contributed by atoms with Gasteiger partial charge in [0.25, 0.3) is 11.8 Å². The van der Waals surface area contributed by atoms with Crippen LogP contribution < -0.4 is 10.6 Å². The Hall–Kier alpha value is -3.20. The molecule has 1 heterocycles. The molecule has 29 heavy (non-hydrogen) atoms. The van der Waals surface area contributed by atoms with Crippen LogP contribution in [0.2, 0.25) is 0 Å². The summed E-state index contributed by atoms with van der Waals surface area (Å²) < 4.78 is 37.6. The molecule has 2 N–H and O–H groups in total. The van der Waals surface area contributed by atoms with Gasteiger partial charge in [0, 0.05) is 29.6 Å². The molecule has 0 radical (unpaired) electrons. The van der Waals surface area contributed by atoms with Gasteiger partial charge in [-0.1, -0.05) is 30.3 Å². The van der Waals surface area contributed by atoms with Crippen LogP contribution in [0.3, 0.4) is 0 Å². The van der Waals surface area contributed by atoms with Gasteiger partial charge in [0.05, 0.1) is 5.56 Å². The molecule has 3 aromatic rings. The van der Waals surface area contributed by atoms with E-state index in [1.165, 1.54) is 11.3 Å². The second kappa shape index (κ2) is 8.87. The number of halogens is 3. The number of alkyl halides is 3. The van der Waals surface area contributed by atoms with Crippen molar-refractivity contribution >= 4 is 23.2 Å². The number of amides is 2. The van der Waals surface area contributed by atoms with Crippen molar-refractivity contribution < 1.29 is 22.8 Å². The molecule has 0 unspecified atom stereocenters. The number of benzene rings is 2. The highest BCUT2D eigenvalue weighted by Gasteiger charge is 2.30. The normalized spacial score (nSPS) is 11.1. The summed E-state index contributed by atoms with van der Waals surface area (Å²) in [5.41, 5.74) is 0.485. The molecule has 150 valence electrons. The van der Waals surface area contributed by atoms with Gasteiger partial charge in [0.2, 0.25) is 0 Å². The van der Waals surface area contributed by atoms with E-state index in [0.29, 0.717) is 0 Å². The van der Waals surface area contributed by atoms with E-state index < -0.39 is 17.6 Å². The van der Waals surface area contributed by atoms with Crippen LogP contribution in [-0.4, -0.2) is 29.9 Å². The van der Waals surface area contributed by atoms with Gasteiger partial charge in [-0.05, 0) is 24.3 Å². The van der Waals surface area contributed by atoms with Gasteiger partial charge in [0.15, 0.2) is 0 Å². The first kappa shape index (κ1) is 20.5. The summed E-state index contributed by atoms with van der Waals surface area (Å²) in [6, 6.07) is 13.4. The number of carbonyl (C=O) groups excluding carboxylic acids is 2. The molecule has 3 rings (SSSR count). The van der Waals surface area contributed by atoms with E-state index in [9.17, 15) is 22.8 Å². The first-order valence-electron chi connectivity index (χ1n) is 8.59. The van der Waals surface area contributed by atoms with Crippen molar-refractivity contribution in [2.75, 3.05) is 13.1 Å². The molecule has 0 aliphatic carbocycles. The summed E-state index contributed by atoms with van der Waals surface area (Å²) in [7, 11) is 0. The molecule has 0 aliphatic rings. The van der Waals surface area contributed by atoms with Crippen molar-refractivity contribution in [3.05, 3.63) is 76.8 Å². The lowest BCUT2D eigenvalue weighted by Crippen LogP contribution is -2.34. The van der Waals surface area contributed by atoms with Crippen molar-refractivity contribution in [3.63, 3.8) is 0 Å². The average molecular weight is 419 g/mol. The summed E-state index contributed by atoms with van der Waals surface area (Å²) in [5, 5.41) is 7.56. The lowest BCUT2D eigenvalue weighted by molar-refractivity contribution is -0.137. The lowest BCUT2D eigenvalue weighted by Gasteiger charge is -2.08. The summed E-state index contributed by atoms with van der Waals surface area (Å²) in [4.78, 5) is 28.4. The number of nitrogens with one attached hydrogen (secondary N) is 2. The maximum atomic E-state index is 12.5. The van der Waals surface area contributed by atoms with Crippen molar-refractivity contribution in [2.24, 2.45) is 0 Å². The predicted molar refractivity (Wildman–Crippen MR) is 104 cm³/mol. The molecule has 5 nitrogen and oxygen atoms in total. The van der Waals surface area contributed by atoms with Crippen LogP contribution in [0.25, 0.3) is 10.6 Å². The monoisotopic (exact) mass is 419 g/mol. The molecule has 1 aromatic heterocycles. The Morgan fingerprint density at radius 3 is 2.14 bits per heavy atom. The second-order valence-corrected chi connectivity index (χ2v) is 6.85. The first-order valence-corrected chi connectivity index (χ1v) is 9.47. The summed E-state index contributed by atoms with van der Waals surface area (Å²) in [5.74, 6) is -0.889. The van der Waals surface area contributed by atoms with Gasteiger partial charge in [-0.15, -0.1) is 11.3 Å². The van der Waals surface area contributed by atoms with Gasteiger partial charge >= 0.3 is 6.18 Å². The zero-order valence-electron chi connectivity index (χ0n) is 15.0. The van der Waals surface area contributed by atoms with E-state index >= 15 is 0 Å². The fourth-order valence-corrected chi connectivity index (χ4v) is 3.25. The summed E-state index contributed by atoms with van der Waals surface area (Å²) >= 11 is 1.35. The van der Waals surface area contributed by atoms with E-state index in [1.807, 2.05) is 30.3 Å². The molecule has 0 aliphatic heterocycles. The van der Waals surface area contributed by atoms with Crippen LogP contribution in [-0.2, 0) is 6.18 Å². The van der Waals surface area contributed by atoms with E-state index in [-0.39, 0.29) is 30.3 Å². The minimum Gasteiger partial charge on any atom is -0.350 e. The highest BCUT2D eigenvalue weighted by molar-refractivity contribution is 7.13. The Bertz CT molecular complexity index is 986. The third-order valence-corrected chi connectivity index (χ3v) is 4.82. The molecule has 0 fully saturated rings. The Morgan fingerprint density at radius 2 is 1.52 bits per heavy atom. The summed E-state index contributed by atoms with van der Waals surface area (Å²) in [6.45, 7) is 0.282. The molecule has 0 saturated heterocycles. The van der Waals surface area contributed by atoms with Crippen LogP contribution in [0.5, 0.6) is 0 Å². The number of hydrogen-bond donors (Lipinski definition) is 2. The van der Waals surface area contributed by atoms with E-state index in [2.05, 4.69) is 15.6 Å². The molecule has 2 amide bonds. The fourth-order valence-electron chi connectivity index (χ4n) is 2.45. The summed E-state index contributed by atoms with van der Waals surface area (Å²) in [6.07, 6.45) is -4.45. The van der Waals surface area contributed by atoms with E-state index in [4.69, 9.17) is 0 Å². The minimum absolute atomic E-state index is 0.108. The Balaban J connectivity index is 1.46. The minimum atomic E-state index is -4.45. The molecule has 2 aromatic carbocycles. The van der Waals surface area contributed by atoms with Crippen LogP contribution in [0.15, 0.2) is 60.0 Å². The molecular formula is C20H16F3N3O2S. The van der Waals surface area contributed by atoms with Crippen LogP contribution in [0.1, 0.15) is 26.4 Å². The SMILES string of the molecule is O=C(NCCNC(=O)c1csc(-c2ccccc2)n1)c1ccc(C(F)(F)F)cc1. The number of nitrogens with zero attached hydrogens (tertiary/aromatic N) is 1.